The van der Waals surface area contributed by atoms with Gasteiger partial charge >= 0.3 is 0 Å². The van der Waals surface area contributed by atoms with Gasteiger partial charge < -0.3 is 10.6 Å². The zero-order valence-electron chi connectivity index (χ0n) is 14.2. The SMILES string of the molecule is Cc1c(C(=O)NCCc2ccccc2F)nnn1C1CCNCC1.Cl. The smallest absolute Gasteiger partial charge is 0.273 e. The number of halogens is 2. The number of amides is 1. The van der Waals surface area contributed by atoms with Crippen molar-refractivity contribution < 1.29 is 9.18 Å². The molecule has 1 aliphatic rings. The number of benzene rings is 1. The Morgan fingerprint density at radius 2 is 2.08 bits per heavy atom. The van der Waals surface area contributed by atoms with Gasteiger partial charge in [0.2, 0.25) is 0 Å². The van der Waals surface area contributed by atoms with Crippen LogP contribution in [0.5, 0.6) is 0 Å². The summed E-state index contributed by atoms with van der Waals surface area (Å²) in [4.78, 5) is 12.3. The Hall–Kier alpha value is -1.99. The van der Waals surface area contributed by atoms with Gasteiger partial charge in [-0.3, -0.25) is 4.79 Å². The van der Waals surface area contributed by atoms with E-state index in [2.05, 4.69) is 20.9 Å². The maximum Gasteiger partial charge on any atom is 0.273 e. The lowest BCUT2D eigenvalue weighted by atomic mass is 10.1. The summed E-state index contributed by atoms with van der Waals surface area (Å²) in [6.45, 7) is 4.13. The fourth-order valence-electron chi connectivity index (χ4n) is 3.04. The molecule has 1 aromatic heterocycles. The minimum Gasteiger partial charge on any atom is -0.350 e. The van der Waals surface area contributed by atoms with E-state index in [1.54, 1.807) is 18.2 Å². The second kappa shape index (κ2) is 8.92. The van der Waals surface area contributed by atoms with E-state index in [-0.39, 0.29) is 24.1 Å². The zero-order valence-corrected chi connectivity index (χ0v) is 15.0. The second-order valence-corrected chi connectivity index (χ2v) is 6.05. The minimum absolute atomic E-state index is 0. The number of rotatable bonds is 5. The van der Waals surface area contributed by atoms with Crippen LogP contribution in [0.15, 0.2) is 24.3 Å². The first-order chi connectivity index (χ1) is 11.7. The van der Waals surface area contributed by atoms with Crippen molar-refractivity contribution in [3.63, 3.8) is 0 Å². The van der Waals surface area contributed by atoms with Gasteiger partial charge in [-0.1, -0.05) is 23.4 Å². The highest BCUT2D eigenvalue weighted by atomic mass is 35.5. The van der Waals surface area contributed by atoms with Crippen molar-refractivity contribution in [2.45, 2.75) is 32.2 Å². The second-order valence-electron chi connectivity index (χ2n) is 6.05. The number of carbonyl (C=O) groups is 1. The molecule has 0 radical (unpaired) electrons. The number of nitrogens with one attached hydrogen (secondary N) is 2. The third kappa shape index (κ3) is 4.55. The summed E-state index contributed by atoms with van der Waals surface area (Å²) in [5, 5.41) is 14.3. The molecule has 0 spiro atoms. The Balaban J connectivity index is 0.00000225. The van der Waals surface area contributed by atoms with E-state index >= 15 is 0 Å². The van der Waals surface area contributed by atoms with Crippen LogP contribution in [0, 0.1) is 12.7 Å². The summed E-state index contributed by atoms with van der Waals surface area (Å²) in [6, 6.07) is 6.87. The van der Waals surface area contributed by atoms with Gasteiger partial charge in [0.1, 0.15) is 5.82 Å². The maximum absolute atomic E-state index is 13.6. The van der Waals surface area contributed by atoms with Gasteiger partial charge in [-0.25, -0.2) is 9.07 Å². The van der Waals surface area contributed by atoms with Gasteiger partial charge in [0.25, 0.3) is 5.91 Å². The predicted octanol–water partition coefficient (Wildman–Crippen LogP) is 2.04. The Labute approximate surface area is 152 Å². The number of aromatic nitrogens is 3. The van der Waals surface area contributed by atoms with Gasteiger partial charge in [-0.2, -0.15) is 0 Å². The van der Waals surface area contributed by atoms with E-state index in [9.17, 15) is 9.18 Å². The quantitative estimate of drug-likeness (QED) is 0.848. The van der Waals surface area contributed by atoms with Crippen LogP contribution in [0.4, 0.5) is 4.39 Å². The summed E-state index contributed by atoms with van der Waals surface area (Å²) in [5.74, 6) is -0.510. The van der Waals surface area contributed by atoms with Crippen LogP contribution in [0.3, 0.4) is 0 Å². The monoisotopic (exact) mass is 367 g/mol. The molecule has 1 fully saturated rings. The van der Waals surface area contributed by atoms with Crippen molar-refractivity contribution >= 4 is 18.3 Å². The molecule has 2 N–H and O–H groups in total. The zero-order chi connectivity index (χ0) is 16.9. The van der Waals surface area contributed by atoms with Gasteiger partial charge in [0.05, 0.1) is 11.7 Å². The fraction of sp³-hybridized carbons (Fsp3) is 0.471. The van der Waals surface area contributed by atoms with Crippen LogP contribution in [0.2, 0.25) is 0 Å². The lowest BCUT2D eigenvalue weighted by Gasteiger charge is -2.23. The molecule has 2 heterocycles. The lowest BCUT2D eigenvalue weighted by Crippen LogP contribution is -2.30. The molecule has 8 heteroatoms. The molecule has 1 amide bonds. The maximum atomic E-state index is 13.6. The van der Waals surface area contributed by atoms with E-state index in [0.717, 1.165) is 31.6 Å². The van der Waals surface area contributed by atoms with Crippen LogP contribution >= 0.6 is 12.4 Å². The van der Waals surface area contributed by atoms with E-state index in [0.29, 0.717) is 30.3 Å². The summed E-state index contributed by atoms with van der Waals surface area (Å²) in [5.41, 5.74) is 1.72. The summed E-state index contributed by atoms with van der Waals surface area (Å²) < 4.78 is 15.4. The standard InChI is InChI=1S/C17H22FN5O.ClH/c1-12-16(21-22-23(12)14-7-9-19-10-8-14)17(24)20-11-6-13-4-2-3-5-15(13)18;/h2-5,14,19H,6-11H2,1H3,(H,20,24);1H. The molecule has 136 valence electrons. The summed E-state index contributed by atoms with van der Waals surface area (Å²) in [7, 11) is 0. The average molecular weight is 368 g/mol. The summed E-state index contributed by atoms with van der Waals surface area (Å²) in [6.07, 6.45) is 2.41. The number of nitrogens with zero attached hydrogens (tertiary/aromatic N) is 3. The molecular formula is C17H23ClFN5O. The van der Waals surface area contributed by atoms with Crippen LogP contribution in [0.25, 0.3) is 0 Å². The summed E-state index contributed by atoms with van der Waals surface area (Å²) >= 11 is 0. The van der Waals surface area contributed by atoms with Gasteiger partial charge in [-0.15, -0.1) is 17.5 Å². The molecule has 1 saturated heterocycles. The van der Waals surface area contributed by atoms with Crippen LogP contribution in [-0.2, 0) is 6.42 Å². The number of hydrogen-bond acceptors (Lipinski definition) is 4. The number of carbonyl (C=O) groups excluding carboxylic acids is 1. The molecule has 6 nitrogen and oxygen atoms in total. The molecule has 0 bridgehead atoms. The Kier molecular flexibility index (Phi) is 6.90. The molecule has 3 rings (SSSR count). The normalized spacial score (nSPS) is 14.8. The molecule has 0 aliphatic carbocycles. The highest BCUT2D eigenvalue weighted by Gasteiger charge is 2.22. The van der Waals surface area contributed by atoms with Crippen molar-refractivity contribution in [3.8, 4) is 0 Å². The van der Waals surface area contributed by atoms with E-state index < -0.39 is 0 Å². The van der Waals surface area contributed by atoms with Crippen molar-refractivity contribution in [2.24, 2.45) is 0 Å². The molecule has 2 aromatic rings. The third-order valence-corrected chi connectivity index (χ3v) is 4.43. The van der Waals surface area contributed by atoms with E-state index in [1.165, 1.54) is 6.07 Å². The third-order valence-electron chi connectivity index (χ3n) is 4.43. The first-order valence-electron chi connectivity index (χ1n) is 8.31. The average Bonchev–Trinajstić information content (AvgIpc) is 2.99. The largest absolute Gasteiger partial charge is 0.350 e. The van der Waals surface area contributed by atoms with E-state index in [1.807, 2.05) is 11.6 Å². The first-order valence-corrected chi connectivity index (χ1v) is 8.31. The first kappa shape index (κ1) is 19.3. The topological polar surface area (TPSA) is 71.8 Å². The molecule has 0 unspecified atom stereocenters. The van der Waals surface area contributed by atoms with Gasteiger partial charge in [0, 0.05) is 6.54 Å². The highest BCUT2D eigenvalue weighted by Crippen LogP contribution is 2.20. The van der Waals surface area contributed by atoms with Crippen molar-refractivity contribution in [3.05, 3.63) is 47.0 Å². The van der Waals surface area contributed by atoms with Crippen molar-refractivity contribution in [1.82, 2.24) is 25.6 Å². The lowest BCUT2D eigenvalue weighted by molar-refractivity contribution is 0.0948. The number of hydrogen-bond donors (Lipinski definition) is 2. The molecular weight excluding hydrogens is 345 g/mol. The molecule has 1 aliphatic heterocycles. The molecule has 25 heavy (non-hydrogen) atoms. The van der Waals surface area contributed by atoms with Crippen LogP contribution < -0.4 is 10.6 Å². The molecule has 0 atom stereocenters. The van der Waals surface area contributed by atoms with Gasteiger partial charge in [-0.05, 0) is 50.9 Å². The Bertz CT molecular complexity index is 715. The molecule has 1 aromatic carbocycles. The number of piperidine rings is 1. The van der Waals surface area contributed by atoms with Crippen LogP contribution in [0.1, 0.15) is 40.6 Å². The Morgan fingerprint density at radius 3 is 2.80 bits per heavy atom. The van der Waals surface area contributed by atoms with Crippen LogP contribution in [-0.4, -0.2) is 40.5 Å². The minimum atomic E-state index is -0.260. The van der Waals surface area contributed by atoms with Gasteiger partial charge in [0.15, 0.2) is 5.69 Å². The highest BCUT2D eigenvalue weighted by molar-refractivity contribution is 5.93. The van der Waals surface area contributed by atoms with Crippen molar-refractivity contribution in [1.29, 1.82) is 0 Å². The predicted molar refractivity (Wildman–Crippen MR) is 95.6 cm³/mol. The molecule has 0 saturated carbocycles. The van der Waals surface area contributed by atoms with Crippen molar-refractivity contribution in [2.75, 3.05) is 19.6 Å². The van der Waals surface area contributed by atoms with E-state index in [4.69, 9.17) is 0 Å². The fourth-order valence-corrected chi connectivity index (χ4v) is 3.04. The Morgan fingerprint density at radius 1 is 1.36 bits per heavy atom.